The van der Waals surface area contributed by atoms with E-state index in [9.17, 15) is 22.8 Å². The fourth-order valence-corrected chi connectivity index (χ4v) is 1.89. The molecule has 5 nitrogen and oxygen atoms in total. The van der Waals surface area contributed by atoms with Gasteiger partial charge in [-0.25, -0.2) is 9.59 Å². The van der Waals surface area contributed by atoms with Crippen molar-refractivity contribution in [2.45, 2.75) is 13.1 Å². The molecule has 0 aliphatic rings. The maximum Gasteiger partial charge on any atom is 0.516 e. The number of thiophene rings is 1. The first kappa shape index (κ1) is 17.5. The van der Waals surface area contributed by atoms with Crippen molar-refractivity contribution < 1.29 is 32.2 Å². The summed E-state index contributed by atoms with van der Waals surface area (Å²) in [5.41, 5.74) is 3.28. The number of alkyl halides is 3. The molecule has 1 rings (SSSR count). The molecule has 0 saturated heterocycles. The summed E-state index contributed by atoms with van der Waals surface area (Å²) < 4.78 is 45.6. The number of carbonyl (C=O) groups excluding carboxylic acids is 2. The SMILES string of the molecule is CCOC(=O)OC(=O)c1scc(C(F)(F)F)c1N.Cl. The van der Waals surface area contributed by atoms with E-state index in [0.717, 1.165) is 0 Å². The molecular formula is C9H9ClF3NO4S. The highest BCUT2D eigenvalue weighted by Crippen LogP contribution is 2.38. The minimum absolute atomic E-state index is 0. The van der Waals surface area contributed by atoms with Gasteiger partial charge in [-0.1, -0.05) is 0 Å². The highest BCUT2D eigenvalue weighted by molar-refractivity contribution is 7.12. The van der Waals surface area contributed by atoms with Crippen molar-refractivity contribution in [1.82, 2.24) is 0 Å². The van der Waals surface area contributed by atoms with Gasteiger partial charge < -0.3 is 15.2 Å². The van der Waals surface area contributed by atoms with Crippen molar-refractivity contribution in [1.29, 1.82) is 0 Å². The highest BCUT2D eigenvalue weighted by atomic mass is 35.5. The molecule has 0 saturated carbocycles. The molecule has 0 radical (unpaired) electrons. The van der Waals surface area contributed by atoms with Crippen LogP contribution in [-0.2, 0) is 15.7 Å². The molecule has 1 aromatic heterocycles. The highest BCUT2D eigenvalue weighted by Gasteiger charge is 2.36. The summed E-state index contributed by atoms with van der Waals surface area (Å²) in [4.78, 5) is 21.7. The largest absolute Gasteiger partial charge is 0.516 e. The van der Waals surface area contributed by atoms with Crippen LogP contribution in [0.3, 0.4) is 0 Å². The molecule has 0 amide bonds. The third kappa shape index (κ3) is 4.28. The first-order valence-electron chi connectivity index (χ1n) is 4.60. The van der Waals surface area contributed by atoms with Crippen molar-refractivity contribution >= 4 is 41.6 Å². The summed E-state index contributed by atoms with van der Waals surface area (Å²) in [6.45, 7) is 1.45. The molecule has 0 aliphatic carbocycles. The zero-order valence-electron chi connectivity index (χ0n) is 9.45. The fourth-order valence-electron chi connectivity index (χ4n) is 1.01. The number of esters is 1. The number of carbonyl (C=O) groups is 2. The lowest BCUT2D eigenvalue weighted by molar-refractivity contribution is -0.136. The van der Waals surface area contributed by atoms with Gasteiger partial charge in [0.15, 0.2) is 0 Å². The van der Waals surface area contributed by atoms with E-state index >= 15 is 0 Å². The first-order chi connectivity index (χ1) is 8.27. The van der Waals surface area contributed by atoms with Crippen molar-refractivity contribution in [3.05, 3.63) is 15.8 Å². The Morgan fingerprint density at radius 3 is 2.42 bits per heavy atom. The number of hydrogen-bond donors (Lipinski definition) is 1. The van der Waals surface area contributed by atoms with E-state index in [1.54, 1.807) is 0 Å². The van der Waals surface area contributed by atoms with E-state index in [1.165, 1.54) is 6.92 Å². The van der Waals surface area contributed by atoms with Gasteiger partial charge in [-0.3, -0.25) is 0 Å². The van der Waals surface area contributed by atoms with Gasteiger partial charge in [-0.15, -0.1) is 23.7 Å². The van der Waals surface area contributed by atoms with E-state index in [1.807, 2.05) is 0 Å². The predicted molar refractivity (Wildman–Crippen MR) is 63.4 cm³/mol. The number of nitrogen functional groups attached to an aromatic ring is 1. The number of anilines is 1. The van der Waals surface area contributed by atoms with Crippen molar-refractivity contribution in [3.63, 3.8) is 0 Å². The van der Waals surface area contributed by atoms with Crippen LogP contribution in [0.5, 0.6) is 0 Å². The van der Waals surface area contributed by atoms with Gasteiger partial charge in [-0.05, 0) is 6.92 Å². The molecule has 10 heteroatoms. The number of halogens is 4. The Kier molecular flexibility index (Phi) is 6.10. The van der Waals surface area contributed by atoms with E-state index < -0.39 is 34.4 Å². The Hall–Kier alpha value is -1.48. The lowest BCUT2D eigenvalue weighted by Crippen LogP contribution is -2.15. The first-order valence-corrected chi connectivity index (χ1v) is 5.48. The Morgan fingerprint density at radius 2 is 2.00 bits per heavy atom. The lowest BCUT2D eigenvalue weighted by Gasteiger charge is -2.05. The second kappa shape index (κ2) is 6.62. The van der Waals surface area contributed by atoms with Crippen LogP contribution in [0.15, 0.2) is 5.38 Å². The summed E-state index contributed by atoms with van der Waals surface area (Å²) in [5.74, 6) is -1.27. The van der Waals surface area contributed by atoms with Gasteiger partial charge in [0.2, 0.25) is 0 Å². The summed E-state index contributed by atoms with van der Waals surface area (Å²) >= 11 is 0.444. The number of hydrogen-bond acceptors (Lipinski definition) is 6. The molecule has 1 heterocycles. The van der Waals surface area contributed by atoms with E-state index in [-0.39, 0.29) is 19.0 Å². The second-order valence-corrected chi connectivity index (χ2v) is 3.84. The molecule has 0 spiro atoms. The summed E-state index contributed by atoms with van der Waals surface area (Å²) in [6.07, 6.45) is -5.95. The van der Waals surface area contributed by atoms with Crippen LogP contribution < -0.4 is 5.73 Å². The molecule has 108 valence electrons. The normalized spacial score (nSPS) is 10.5. The Balaban J connectivity index is 0.00000324. The number of rotatable bonds is 2. The van der Waals surface area contributed by atoms with Gasteiger partial charge in [0.1, 0.15) is 4.88 Å². The average molecular weight is 320 g/mol. The van der Waals surface area contributed by atoms with E-state index in [0.29, 0.717) is 16.7 Å². The molecule has 19 heavy (non-hydrogen) atoms. The summed E-state index contributed by atoms with van der Waals surface area (Å²) in [7, 11) is 0. The van der Waals surface area contributed by atoms with E-state index in [2.05, 4.69) is 9.47 Å². The smallest absolute Gasteiger partial charge is 0.434 e. The topological polar surface area (TPSA) is 78.6 Å². The minimum Gasteiger partial charge on any atom is -0.434 e. The second-order valence-electron chi connectivity index (χ2n) is 2.96. The average Bonchev–Trinajstić information content (AvgIpc) is 2.59. The van der Waals surface area contributed by atoms with Crippen molar-refractivity contribution in [3.8, 4) is 0 Å². The summed E-state index contributed by atoms with van der Waals surface area (Å²) in [6, 6.07) is 0. The van der Waals surface area contributed by atoms with Gasteiger partial charge in [0.05, 0.1) is 17.9 Å². The van der Waals surface area contributed by atoms with Crippen LogP contribution in [0.2, 0.25) is 0 Å². The third-order valence-corrected chi connectivity index (χ3v) is 2.73. The monoisotopic (exact) mass is 319 g/mol. The zero-order chi connectivity index (χ0) is 13.9. The van der Waals surface area contributed by atoms with Gasteiger partial charge in [0.25, 0.3) is 0 Å². The lowest BCUT2D eigenvalue weighted by atomic mass is 10.2. The van der Waals surface area contributed by atoms with Crippen LogP contribution in [-0.4, -0.2) is 18.7 Å². The molecular weight excluding hydrogens is 311 g/mol. The maximum atomic E-state index is 12.4. The molecule has 1 aromatic rings. The predicted octanol–water partition coefficient (Wildman–Crippen LogP) is 3.08. The fraction of sp³-hybridized carbons (Fsp3) is 0.333. The van der Waals surface area contributed by atoms with Crippen LogP contribution in [0.25, 0.3) is 0 Å². The van der Waals surface area contributed by atoms with Crippen molar-refractivity contribution in [2.24, 2.45) is 0 Å². The molecule has 0 bridgehead atoms. The maximum absolute atomic E-state index is 12.4. The standard InChI is InChI=1S/C9H8F3NO4S.ClH/c1-2-16-8(15)17-7(14)6-5(13)4(3-18-6)9(10,11)12;/h3H,2,13H2,1H3;1H. The Bertz CT molecular complexity index is 475. The van der Waals surface area contributed by atoms with Crippen LogP contribution >= 0.6 is 23.7 Å². The zero-order valence-corrected chi connectivity index (χ0v) is 11.1. The van der Waals surface area contributed by atoms with Crippen molar-refractivity contribution in [2.75, 3.05) is 12.3 Å². The van der Waals surface area contributed by atoms with Crippen LogP contribution in [0, 0.1) is 0 Å². The molecule has 0 unspecified atom stereocenters. The molecule has 0 aromatic carbocycles. The number of ether oxygens (including phenoxy) is 2. The molecule has 2 N–H and O–H groups in total. The Labute approximate surface area is 115 Å². The van der Waals surface area contributed by atoms with Crippen LogP contribution in [0.4, 0.5) is 23.7 Å². The van der Waals surface area contributed by atoms with Crippen LogP contribution in [0.1, 0.15) is 22.2 Å². The van der Waals surface area contributed by atoms with Gasteiger partial charge in [-0.2, -0.15) is 13.2 Å². The third-order valence-electron chi connectivity index (χ3n) is 1.76. The molecule has 0 fully saturated rings. The minimum atomic E-state index is -4.66. The Morgan fingerprint density at radius 1 is 1.42 bits per heavy atom. The van der Waals surface area contributed by atoms with Gasteiger partial charge >= 0.3 is 18.3 Å². The quantitative estimate of drug-likeness (QED) is 0.669. The molecule has 0 atom stereocenters. The number of nitrogens with two attached hydrogens (primary N) is 1. The van der Waals surface area contributed by atoms with Gasteiger partial charge in [0, 0.05) is 5.38 Å². The summed E-state index contributed by atoms with van der Waals surface area (Å²) in [5, 5.41) is 0.678. The van der Waals surface area contributed by atoms with E-state index in [4.69, 9.17) is 5.73 Å². The molecule has 0 aliphatic heterocycles.